The van der Waals surface area contributed by atoms with Gasteiger partial charge in [0.15, 0.2) is 0 Å². The summed E-state index contributed by atoms with van der Waals surface area (Å²) in [6, 6.07) is 0. The first kappa shape index (κ1) is 24.7. The molecule has 0 aromatic carbocycles. The molecule has 0 saturated carbocycles. The van der Waals surface area contributed by atoms with Crippen LogP contribution in [0.15, 0.2) is 46.9 Å². The van der Waals surface area contributed by atoms with Crippen molar-refractivity contribution in [2.24, 2.45) is 5.41 Å². The largest absolute Gasteiger partial charge is 0.493 e. The zero-order valence-corrected chi connectivity index (χ0v) is 18.6. The van der Waals surface area contributed by atoms with Crippen molar-refractivity contribution in [1.29, 1.82) is 0 Å². The van der Waals surface area contributed by atoms with E-state index in [4.69, 9.17) is 9.47 Å². The highest BCUT2D eigenvalue weighted by Gasteiger charge is 2.29. The van der Waals surface area contributed by atoms with Gasteiger partial charge in [0.05, 0.1) is 23.9 Å². The number of rotatable bonds is 11. The first-order valence-electron chi connectivity index (χ1n) is 10.4. The highest BCUT2D eigenvalue weighted by Crippen LogP contribution is 2.37. The van der Waals surface area contributed by atoms with Crippen molar-refractivity contribution < 1.29 is 19.2 Å². The molecule has 1 rings (SSSR count). The molecule has 0 bridgehead atoms. The average molecular weight is 406 g/mol. The SMILES string of the molecule is CCCC(C)(CCC)/C(C)=C\C(C)O/C=C(/C(=O)OC)C1=CCCC=C1[N+](=O)[O-]. The van der Waals surface area contributed by atoms with Gasteiger partial charge in [-0.1, -0.05) is 45.3 Å². The monoisotopic (exact) mass is 405 g/mol. The minimum atomic E-state index is -0.652. The molecule has 0 fully saturated rings. The zero-order valence-electron chi connectivity index (χ0n) is 18.6. The number of allylic oxidation sites excluding steroid dienone is 4. The van der Waals surface area contributed by atoms with Crippen LogP contribution in [0.1, 0.15) is 73.1 Å². The Morgan fingerprint density at radius 1 is 1.28 bits per heavy atom. The molecule has 0 aliphatic heterocycles. The Morgan fingerprint density at radius 3 is 2.38 bits per heavy atom. The van der Waals surface area contributed by atoms with Crippen LogP contribution in [0.5, 0.6) is 0 Å². The van der Waals surface area contributed by atoms with Crippen LogP contribution in [0.3, 0.4) is 0 Å². The number of methoxy groups -OCH3 is 1. The molecule has 0 heterocycles. The number of hydrogen-bond donors (Lipinski definition) is 0. The molecule has 6 nitrogen and oxygen atoms in total. The molecule has 0 aromatic rings. The summed E-state index contributed by atoms with van der Waals surface area (Å²) >= 11 is 0. The molecule has 0 radical (unpaired) electrons. The lowest BCUT2D eigenvalue weighted by Crippen LogP contribution is -2.19. The molecule has 1 unspecified atom stereocenters. The molecule has 162 valence electrons. The maximum Gasteiger partial charge on any atom is 0.341 e. The van der Waals surface area contributed by atoms with E-state index in [1.807, 2.05) is 6.92 Å². The van der Waals surface area contributed by atoms with Crippen molar-refractivity contribution in [3.63, 3.8) is 0 Å². The van der Waals surface area contributed by atoms with Crippen molar-refractivity contribution in [2.75, 3.05) is 7.11 Å². The van der Waals surface area contributed by atoms with Crippen LogP contribution < -0.4 is 0 Å². The van der Waals surface area contributed by atoms with Gasteiger partial charge < -0.3 is 9.47 Å². The van der Waals surface area contributed by atoms with Gasteiger partial charge >= 0.3 is 5.97 Å². The van der Waals surface area contributed by atoms with Crippen LogP contribution >= 0.6 is 0 Å². The maximum atomic E-state index is 12.3. The lowest BCUT2D eigenvalue weighted by molar-refractivity contribution is -0.421. The van der Waals surface area contributed by atoms with Crippen LogP contribution in [-0.4, -0.2) is 24.1 Å². The van der Waals surface area contributed by atoms with E-state index in [-0.39, 0.29) is 28.4 Å². The van der Waals surface area contributed by atoms with Gasteiger partial charge in [0.2, 0.25) is 0 Å². The summed E-state index contributed by atoms with van der Waals surface area (Å²) in [6.45, 7) is 10.7. The number of nitrogens with zero attached hydrogens (tertiary/aromatic N) is 1. The van der Waals surface area contributed by atoms with Crippen LogP contribution in [-0.2, 0) is 14.3 Å². The molecule has 1 aliphatic rings. The van der Waals surface area contributed by atoms with Gasteiger partial charge in [-0.25, -0.2) is 4.79 Å². The van der Waals surface area contributed by atoms with Crippen molar-refractivity contribution in [3.8, 4) is 0 Å². The Hall–Kier alpha value is -2.37. The molecular formula is C23H35NO5. The number of nitro groups is 1. The summed E-state index contributed by atoms with van der Waals surface area (Å²) in [7, 11) is 1.25. The molecule has 0 saturated heterocycles. The van der Waals surface area contributed by atoms with E-state index in [1.165, 1.54) is 25.0 Å². The fourth-order valence-corrected chi connectivity index (χ4v) is 3.81. The van der Waals surface area contributed by atoms with Gasteiger partial charge in [0.1, 0.15) is 11.7 Å². The predicted molar refractivity (Wildman–Crippen MR) is 115 cm³/mol. The second-order valence-corrected chi connectivity index (χ2v) is 7.82. The fraction of sp³-hybridized carbons (Fsp3) is 0.609. The van der Waals surface area contributed by atoms with E-state index in [1.54, 1.807) is 6.08 Å². The number of esters is 1. The second-order valence-electron chi connectivity index (χ2n) is 7.82. The number of carbonyl (C=O) groups excluding carboxylic acids is 1. The Kier molecular flexibility index (Phi) is 9.86. The van der Waals surface area contributed by atoms with E-state index < -0.39 is 10.9 Å². The third-order valence-corrected chi connectivity index (χ3v) is 5.46. The summed E-state index contributed by atoms with van der Waals surface area (Å²) in [5.74, 6) is -0.652. The van der Waals surface area contributed by atoms with Crippen LogP contribution in [0, 0.1) is 15.5 Å². The van der Waals surface area contributed by atoms with Crippen molar-refractivity contribution in [1.82, 2.24) is 0 Å². The smallest absolute Gasteiger partial charge is 0.341 e. The number of carbonyl (C=O) groups is 1. The molecule has 0 N–H and O–H groups in total. The Bertz CT molecular complexity index is 709. The van der Waals surface area contributed by atoms with Gasteiger partial charge in [-0.2, -0.15) is 0 Å². The van der Waals surface area contributed by atoms with E-state index in [0.717, 1.165) is 25.7 Å². The van der Waals surface area contributed by atoms with Crippen LogP contribution in [0.4, 0.5) is 0 Å². The Balaban J connectivity index is 3.11. The van der Waals surface area contributed by atoms with Crippen molar-refractivity contribution >= 4 is 5.97 Å². The van der Waals surface area contributed by atoms with Crippen molar-refractivity contribution in [2.45, 2.75) is 79.2 Å². The number of hydrogen-bond acceptors (Lipinski definition) is 5. The summed E-state index contributed by atoms with van der Waals surface area (Å²) in [5.41, 5.74) is 1.60. The van der Waals surface area contributed by atoms with E-state index >= 15 is 0 Å². The molecule has 0 spiro atoms. The highest BCUT2D eigenvalue weighted by atomic mass is 16.6. The van der Waals surface area contributed by atoms with Crippen LogP contribution in [0.2, 0.25) is 0 Å². The lowest BCUT2D eigenvalue weighted by Gasteiger charge is -2.31. The maximum absolute atomic E-state index is 12.3. The van der Waals surface area contributed by atoms with Gasteiger partial charge in [-0.15, -0.1) is 0 Å². The molecular weight excluding hydrogens is 370 g/mol. The molecule has 0 amide bonds. The fourth-order valence-electron chi connectivity index (χ4n) is 3.81. The molecule has 29 heavy (non-hydrogen) atoms. The molecule has 0 aromatic heterocycles. The minimum absolute atomic E-state index is 0.0675. The topological polar surface area (TPSA) is 78.7 Å². The Labute approximate surface area is 174 Å². The second kappa shape index (κ2) is 11.6. The third-order valence-electron chi connectivity index (χ3n) is 5.46. The highest BCUT2D eigenvalue weighted by molar-refractivity contribution is 5.94. The zero-order chi connectivity index (χ0) is 22.0. The van der Waals surface area contributed by atoms with E-state index in [2.05, 4.69) is 33.8 Å². The summed E-state index contributed by atoms with van der Waals surface area (Å²) in [4.78, 5) is 23.2. The average Bonchev–Trinajstić information content (AvgIpc) is 2.68. The molecule has 1 atom stereocenters. The van der Waals surface area contributed by atoms with Gasteiger partial charge in [0, 0.05) is 0 Å². The Morgan fingerprint density at radius 2 is 1.86 bits per heavy atom. The van der Waals surface area contributed by atoms with Crippen LogP contribution in [0.25, 0.3) is 0 Å². The summed E-state index contributed by atoms with van der Waals surface area (Å²) in [6.07, 6.45) is 11.9. The summed E-state index contributed by atoms with van der Waals surface area (Å²) < 4.78 is 10.6. The lowest BCUT2D eigenvalue weighted by atomic mass is 9.75. The van der Waals surface area contributed by atoms with E-state index in [0.29, 0.717) is 12.8 Å². The first-order chi connectivity index (χ1) is 13.7. The van der Waals surface area contributed by atoms with Gasteiger partial charge in [0.25, 0.3) is 5.70 Å². The van der Waals surface area contributed by atoms with Gasteiger partial charge in [-0.05, 0) is 57.1 Å². The first-order valence-corrected chi connectivity index (χ1v) is 10.4. The molecule has 6 heteroatoms. The quantitative estimate of drug-likeness (QED) is 0.107. The standard InChI is InChI=1S/C23H35NO5/c1-7-13-23(5,14-8-2)17(3)15-18(4)29-16-20(22(25)28-6)19-11-9-10-12-21(19)24(26)27/h11-12,15-16,18H,7-10,13-14H2,1-6H3/b17-15-,20-16+. The van der Waals surface area contributed by atoms with E-state index in [9.17, 15) is 14.9 Å². The third kappa shape index (κ3) is 6.87. The van der Waals surface area contributed by atoms with Gasteiger partial charge in [-0.3, -0.25) is 10.1 Å². The number of ether oxygens (including phenoxy) is 2. The summed E-state index contributed by atoms with van der Waals surface area (Å²) in [5, 5.41) is 11.4. The molecule has 1 aliphatic carbocycles. The minimum Gasteiger partial charge on any atom is -0.493 e. The normalized spacial score (nSPS) is 16.6. The predicted octanol–water partition coefficient (Wildman–Crippen LogP) is 5.88. The van der Waals surface area contributed by atoms with Crippen molar-refractivity contribution in [3.05, 3.63) is 57.0 Å².